The van der Waals surface area contributed by atoms with Crippen LogP contribution in [0, 0.1) is 0 Å². The van der Waals surface area contributed by atoms with Crippen LogP contribution >= 0.6 is 0 Å². The van der Waals surface area contributed by atoms with Gasteiger partial charge in [0, 0.05) is 12.6 Å². The number of likely N-dealkylation sites (N-methyl/N-ethyl adjacent to an activating group) is 1. The zero-order valence-electron chi connectivity index (χ0n) is 18.9. The van der Waals surface area contributed by atoms with E-state index in [-0.39, 0.29) is 19.1 Å². The van der Waals surface area contributed by atoms with Crippen LogP contribution < -0.4 is 14.8 Å². The summed E-state index contributed by atoms with van der Waals surface area (Å²) in [6.07, 6.45) is 0. The highest BCUT2D eigenvalue weighted by Crippen LogP contribution is 2.18. The van der Waals surface area contributed by atoms with Crippen molar-refractivity contribution in [3.8, 4) is 11.5 Å². The minimum atomic E-state index is -0.685. The SMILES string of the molecule is CN(CC(=O)NC(C)(C)C)C(=O)COC(=O)COc1ccc(OCc2ccccc2)cc1. The van der Waals surface area contributed by atoms with E-state index in [1.807, 2.05) is 51.1 Å². The van der Waals surface area contributed by atoms with Crippen LogP contribution in [0.1, 0.15) is 26.3 Å². The molecular weight excluding hydrogens is 412 g/mol. The topological polar surface area (TPSA) is 94.2 Å². The Morgan fingerprint density at radius 3 is 2.06 bits per heavy atom. The summed E-state index contributed by atoms with van der Waals surface area (Å²) >= 11 is 0. The van der Waals surface area contributed by atoms with Crippen molar-refractivity contribution in [3.63, 3.8) is 0 Å². The first-order valence-corrected chi connectivity index (χ1v) is 10.2. The first-order chi connectivity index (χ1) is 15.1. The molecule has 2 rings (SSSR count). The second-order valence-corrected chi connectivity index (χ2v) is 8.24. The van der Waals surface area contributed by atoms with Gasteiger partial charge >= 0.3 is 5.97 Å². The second-order valence-electron chi connectivity index (χ2n) is 8.24. The number of carbonyl (C=O) groups is 3. The zero-order chi connectivity index (χ0) is 23.6. The summed E-state index contributed by atoms with van der Waals surface area (Å²) in [7, 11) is 1.47. The third-order valence-electron chi connectivity index (χ3n) is 4.11. The van der Waals surface area contributed by atoms with E-state index in [0.29, 0.717) is 18.1 Å². The van der Waals surface area contributed by atoms with E-state index in [0.717, 1.165) is 5.56 Å². The molecule has 0 saturated carbocycles. The van der Waals surface area contributed by atoms with E-state index in [1.54, 1.807) is 24.3 Å². The van der Waals surface area contributed by atoms with Crippen molar-refractivity contribution in [2.24, 2.45) is 0 Å². The van der Waals surface area contributed by atoms with Crippen LogP contribution in [0.5, 0.6) is 11.5 Å². The Hall–Kier alpha value is -3.55. The highest BCUT2D eigenvalue weighted by Gasteiger charge is 2.18. The molecule has 172 valence electrons. The smallest absolute Gasteiger partial charge is 0.344 e. The van der Waals surface area contributed by atoms with Crippen molar-refractivity contribution in [2.75, 3.05) is 26.8 Å². The maximum atomic E-state index is 12.0. The van der Waals surface area contributed by atoms with Gasteiger partial charge in [-0.1, -0.05) is 30.3 Å². The third kappa shape index (κ3) is 9.51. The van der Waals surface area contributed by atoms with Crippen molar-refractivity contribution in [2.45, 2.75) is 32.9 Å². The van der Waals surface area contributed by atoms with Crippen molar-refractivity contribution in [1.29, 1.82) is 0 Å². The lowest BCUT2D eigenvalue weighted by atomic mass is 10.1. The van der Waals surface area contributed by atoms with Gasteiger partial charge in [0.25, 0.3) is 5.91 Å². The van der Waals surface area contributed by atoms with Crippen LogP contribution in [0.15, 0.2) is 54.6 Å². The molecule has 0 atom stereocenters. The van der Waals surface area contributed by atoms with E-state index < -0.39 is 24.0 Å². The predicted molar refractivity (Wildman–Crippen MR) is 119 cm³/mol. The van der Waals surface area contributed by atoms with Crippen LogP contribution in [0.25, 0.3) is 0 Å². The monoisotopic (exact) mass is 442 g/mol. The second kappa shape index (κ2) is 11.7. The first-order valence-electron chi connectivity index (χ1n) is 10.2. The maximum Gasteiger partial charge on any atom is 0.344 e. The largest absolute Gasteiger partial charge is 0.489 e. The van der Waals surface area contributed by atoms with Crippen LogP contribution in [0.2, 0.25) is 0 Å². The predicted octanol–water partition coefficient (Wildman–Crippen LogP) is 2.56. The van der Waals surface area contributed by atoms with E-state index in [2.05, 4.69) is 5.32 Å². The average Bonchev–Trinajstić information content (AvgIpc) is 2.74. The van der Waals surface area contributed by atoms with Crippen LogP contribution in [-0.2, 0) is 25.7 Å². The van der Waals surface area contributed by atoms with E-state index in [9.17, 15) is 14.4 Å². The van der Waals surface area contributed by atoms with Gasteiger partial charge in [0.1, 0.15) is 18.1 Å². The number of hydrogen-bond acceptors (Lipinski definition) is 6. The highest BCUT2D eigenvalue weighted by molar-refractivity contribution is 5.86. The summed E-state index contributed by atoms with van der Waals surface area (Å²) in [6, 6.07) is 16.6. The molecular formula is C24H30N2O6. The van der Waals surface area contributed by atoms with Crippen LogP contribution in [-0.4, -0.2) is 55.0 Å². The Balaban J connectivity index is 1.67. The molecule has 2 aromatic carbocycles. The van der Waals surface area contributed by atoms with Gasteiger partial charge in [-0.25, -0.2) is 4.79 Å². The number of nitrogens with one attached hydrogen (secondary N) is 1. The summed E-state index contributed by atoms with van der Waals surface area (Å²) in [5.74, 6) is -0.318. The molecule has 0 spiro atoms. The molecule has 8 heteroatoms. The minimum Gasteiger partial charge on any atom is -0.489 e. The van der Waals surface area contributed by atoms with Gasteiger partial charge in [-0.2, -0.15) is 0 Å². The molecule has 1 N–H and O–H groups in total. The third-order valence-corrected chi connectivity index (χ3v) is 4.11. The Labute approximate surface area is 188 Å². The average molecular weight is 443 g/mol. The fourth-order valence-electron chi connectivity index (χ4n) is 2.57. The molecule has 0 aliphatic carbocycles. The molecule has 0 aliphatic rings. The van der Waals surface area contributed by atoms with Gasteiger partial charge in [0.05, 0.1) is 6.54 Å². The molecule has 0 aromatic heterocycles. The highest BCUT2D eigenvalue weighted by atomic mass is 16.6. The fraction of sp³-hybridized carbons (Fsp3) is 0.375. The lowest BCUT2D eigenvalue weighted by molar-refractivity contribution is -0.153. The minimum absolute atomic E-state index is 0.122. The van der Waals surface area contributed by atoms with Crippen molar-refractivity contribution < 1.29 is 28.6 Å². The molecule has 2 aromatic rings. The Kier molecular flexibility index (Phi) is 9.07. The number of ether oxygens (including phenoxy) is 3. The molecule has 2 amide bonds. The van der Waals surface area contributed by atoms with E-state index in [1.165, 1.54) is 11.9 Å². The number of amides is 2. The van der Waals surface area contributed by atoms with Crippen LogP contribution in [0.3, 0.4) is 0 Å². The summed E-state index contributed by atoms with van der Waals surface area (Å²) in [5.41, 5.74) is 0.669. The molecule has 0 unspecified atom stereocenters. The standard InChI is InChI=1S/C24H30N2O6/c1-24(2,3)25-21(27)14-26(4)22(28)16-32-23(29)17-31-20-12-10-19(11-13-20)30-15-18-8-6-5-7-9-18/h5-13H,14-17H2,1-4H3,(H,25,27). The van der Waals surface area contributed by atoms with Gasteiger partial charge in [-0.3, -0.25) is 9.59 Å². The number of esters is 1. The molecule has 32 heavy (non-hydrogen) atoms. The maximum absolute atomic E-state index is 12.0. The Morgan fingerprint density at radius 2 is 1.47 bits per heavy atom. The normalized spacial score (nSPS) is 10.8. The number of carbonyl (C=O) groups excluding carboxylic acids is 3. The van der Waals surface area contributed by atoms with Crippen molar-refractivity contribution >= 4 is 17.8 Å². The van der Waals surface area contributed by atoms with E-state index >= 15 is 0 Å². The summed E-state index contributed by atoms with van der Waals surface area (Å²) in [5, 5.41) is 2.76. The number of nitrogens with zero attached hydrogens (tertiary/aromatic N) is 1. The van der Waals surface area contributed by atoms with Crippen LogP contribution in [0.4, 0.5) is 0 Å². The summed E-state index contributed by atoms with van der Waals surface area (Å²) < 4.78 is 16.0. The molecule has 0 heterocycles. The lowest BCUT2D eigenvalue weighted by Crippen LogP contribution is -2.47. The lowest BCUT2D eigenvalue weighted by Gasteiger charge is -2.23. The number of hydrogen-bond donors (Lipinski definition) is 1. The first kappa shape index (κ1) is 24.7. The van der Waals surface area contributed by atoms with Crippen molar-refractivity contribution in [3.05, 3.63) is 60.2 Å². The summed E-state index contributed by atoms with van der Waals surface area (Å²) in [6.45, 7) is 5.06. The summed E-state index contributed by atoms with van der Waals surface area (Å²) in [4.78, 5) is 37.0. The molecule has 0 saturated heterocycles. The van der Waals surface area contributed by atoms with E-state index in [4.69, 9.17) is 14.2 Å². The number of rotatable bonds is 10. The fourth-order valence-corrected chi connectivity index (χ4v) is 2.57. The molecule has 0 fully saturated rings. The molecule has 8 nitrogen and oxygen atoms in total. The molecule has 0 bridgehead atoms. The number of benzene rings is 2. The molecule has 0 radical (unpaired) electrons. The van der Waals surface area contributed by atoms with Gasteiger partial charge in [-0.15, -0.1) is 0 Å². The van der Waals surface area contributed by atoms with Gasteiger partial charge in [-0.05, 0) is 50.6 Å². The Morgan fingerprint density at radius 1 is 0.875 bits per heavy atom. The van der Waals surface area contributed by atoms with Gasteiger partial charge < -0.3 is 24.4 Å². The van der Waals surface area contributed by atoms with Crippen molar-refractivity contribution in [1.82, 2.24) is 10.2 Å². The zero-order valence-corrected chi connectivity index (χ0v) is 18.9. The quantitative estimate of drug-likeness (QED) is 0.569. The molecule has 0 aliphatic heterocycles. The van der Waals surface area contributed by atoms with Gasteiger partial charge in [0.15, 0.2) is 13.2 Å². The Bertz CT molecular complexity index is 891. The van der Waals surface area contributed by atoms with Gasteiger partial charge in [0.2, 0.25) is 5.91 Å².